The van der Waals surface area contributed by atoms with Crippen molar-refractivity contribution in [2.45, 2.75) is 43.9 Å². The summed E-state index contributed by atoms with van der Waals surface area (Å²) in [5.41, 5.74) is 10.5. The van der Waals surface area contributed by atoms with E-state index in [0.29, 0.717) is 105 Å². The predicted octanol–water partition coefficient (Wildman–Crippen LogP) is 3.26. The van der Waals surface area contributed by atoms with E-state index in [1.54, 1.807) is 48.8 Å². The van der Waals surface area contributed by atoms with Gasteiger partial charge >= 0.3 is 0 Å². The summed E-state index contributed by atoms with van der Waals surface area (Å²) in [7, 11) is 0. The van der Waals surface area contributed by atoms with Crippen molar-refractivity contribution in [2.75, 3.05) is 63.8 Å². The van der Waals surface area contributed by atoms with Crippen LogP contribution in [0, 0.1) is 5.92 Å². The van der Waals surface area contributed by atoms with E-state index < -0.39 is 11.9 Å². The van der Waals surface area contributed by atoms with Gasteiger partial charge in [0.1, 0.15) is 47.1 Å². The fourth-order valence-corrected chi connectivity index (χ4v) is 8.69. The third-order valence-corrected chi connectivity index (χ3v) is 11.6. The molecule has 7 heterocycles. The Morgan fingerprint density at radius 3 is 2.58 bits per heavy atom. The van der Waals surface area contributed by atoms with Gasteiger partial charge in [-0.05, 0) is 60.9 Å². The third kappa shape index (κ3) is 7.91. The highest BCUT2D eigenvalue weighted by Gasteiger charge is 2.46. The second-order valence-corrected chi connectivity index (χ2v) is 15.2. The van der Waals surface area contributed by atoms with Crippen molar-refractivity contribution in [1.82, 2.24) is 34.5 Å². The average molecular weight is 816 g/mol. The number of benzene rings is 2. The lowest BCUT2D eigenvalue weighted by molar-refractivity contribution is -0.136. The lowest BCUT2D eigenvalue weighted by atomic mass is 10.0. The summed E-state index contributed by atoms with van der Waals surface area (Å²) in [6, 6.07) is 17.5. The number of aromatic nitrogens is 4. The van der Waals surface area contributed by atoms with Crippen LogP contribution in [0.2, 0.25) is 0 Å². The van der Waals surface area contributed by atoms with Crippen molar-refractivity contribution >= 4 is 40.8 Å². The number of pyridine rings is 1. The van der Waals surface area contributed by atoms with Crippen molar-refractivity contribution in [3.05, 3.63) is 102 Å². The minimum absolute atomic E-state index is 0.00906. The van der Waals surface area contributed by atoms with Gasteiger partial charge in [0.15, 0.2) is 0 Å². The van der Waals surface area contributed by atoms with E-state index in [2.05, 4.69) is 25.5 Å². The Kier molecular flexibility index (Phi) is 11.2. The zero-order valence-electron chi connectivity index (χ0n) is 32.8. The number of anilines is 2. The van der Waals surface area contributed by atoms with Crippen LogP contribution in [-0.4, -0.2) is 118 Å². The standard InChI is InChI=1S/C43H45N9O8/c44-39-38-37(26-4-6-27(7-5-26)41(54)47-35-3-1-2-12-45-35)49-40(51(38)14-13-46-39)33-22-29-24-59-25-34(29)50(33)15-16-57-17-18-58-19-20-60-30-8-9-31-28(21-30)23-52(43(31)56)32-10-11-36(53)48-42(32)55/h1-9,12-14,21,29,32-34H,10-11,15-20,22-25H2,(H2,44,46)(H,45,47,54)(H,48,53,55). The molecule has 3 fully saturated rings. The van der Waals surface area contributed by atoms with Gasteiger partial charge in [0.05, 0.1) is 45.7 Å². The summed E-state index contributed by atoms with van der Waals surface area (Å²) in [5, 5.41) is 5.14. The number of carbonyl (C=O) groups is 4. The molecular weight excluding hydrogens is 771 g/mol. The molecule has 17 nitrogen and oxygen atoms in total. The number of imidazole rings is 1. The zero-order valence-corrected chi connectivity index (χ0v) is 32.8. The van der Waals surface area contributed by atoms with Crippen LogP contribution in [0.1, 0.15) is 57.4 Å². The number of nitrogens with one attached hydrogen (secondary N) is 2. The number of nitrogens with two attached hydrogens (primary N) is 1. The summed E-state index contributed by atoms with van der Waals surface area (Å²) in [6.07, 6.45) is 6.61. The van der Waals surface area contributed by atoms with E-state index in [4.69, 9.17) is 29.7 Å². The van der Waals surface area contributed by atoms with Crippen LogP contribution in [0.4, 0.5) is 11.6 Å². The molecule has 310 valence electrons. The number of nitrogens with zero attached hydrogens (tertiary/aromatic N) is 6. The quantitative estimate of drug-likeness (QED) is 0.103. The first kappa shape index (κ1) is 39.2. The number of fused-ring (bicyclic) bond motifs is 3. The summed E-state index contributed by atoms with van der Waals surface area (Å²) in [5.74, 6) is 1.45. The highest BCUT2D eigenvalue weighted by atomic mass is 16.5. The molecule has 4 aliphatic rings. The first-order chi connectivity index (χ1) is 29.3. The fourth-order valence-electron chi connectivity index (χ4n) is 8.69. The Morgan fingerprint density at radius 1 is 0.933 bits per heavy atom. The van der Waals surface area contributed by atoms with Gasteiger partial charge in [-0.1, -0.05) is 18.2 Å². The van der Waals surface area contributed by atoms with Crippen LogP contribution in [-0.2, 0) is 30.3 Å². The van der Waals surface area contributed by atoms with E-state index in [9.17, 15) is 19.2 Å². The van der Waals surface area contributed by atoms with Crippen LogP contribution in [0.3, 0.4) is 0 Å². The van der Waals surface area contributed by atoms with Crippen LogP contribution in [0.25, 0.3) is 16.8 Å². The van der Waals surface area contributed by atoms with E-state index in [0.717, 1.165) is 23.4 Å². The Morgan fingerprint density at radius 2 is 1.77 bits per heavy atom. The highest BCUT2D eigenvalue weighted by Crippen LogP contribution is 2.44. The van der Waals surface area contributed by atoms with Gasteiger partial charge in [-0.15, -0.1) is 0 Å². The van der Waals surface area contributed by atoms with Crippen molar-refractivity contribution < 1.29 is 38.1 Å². The molecule has 0 aliphatic carbocycles. The third-order valence-electron chi connectivity index (χ3n) is 11.6. The molecule has 3 saturated heterocycles. The van der Waals surface area contributed by atoms with Crippen LogP contribution in [0.5, 0.6) is 5.75 Å². The fraction of sp³-hybridized carbons (Fsp3) is 0.372. The Hall–Kier alpha value is -6.27. The second-order valence-electron chi connectivity index (χ2n) is 15.2. The first-order valence-electron chi connectivity index (χ1n) is 20.2. The zero-order chi connectivity index (χ0) is 41.2. The number of nitrogen functional groups attached to an aromatic ring is 1. The Balaban J connectivity index is 0.771. The number of likely N-dealkylation sites (tertiary alicyclic amines) is 1. The number of imide groups is 1. The van der Waals surface area contributed by atoms with Crippen LogP contribution >= 0.6 is 0 Å². The van der Waals surface area contributed by atoms with Gasteiger partial charge in [0, 0.05) is 66.8 Å². The molecule has 4 aliphatic heterocycles. The van der Waals surface area contributed by atoms with Gasteiger partial charge in [-0.3, -0.25) is 33.8 Å². The molecule has 0 saturated carbocycles. The minimum Gasteiger partial charge on any atom is -0.491 e. The maximum Gasteiger partial charge on any atom is 0.256 e. The Labute approximate surface area is 345 Å². The molecule has 0 bridgehead atoms. The summed E-state index contributed by atoms with van der Waals surface area (Å²) in [4.78, 5) is 67.5. The van der Waals surface area contributed by atoms with Gasteiger partial charge in [0.2, 0.25) is 11.8 Å². The van der Waals surface area contributed by atoms with Gasteiger partial charge in [0.25, 0.3) is 11.8 Å². The molecule has 4 atom stereocenters. The molecule has 17 heteroatoms. The average Bonchev–Trinajstić information content (AvgIpc) is 4.03. The lowest BCUT2D eigenvalue weighted by Crippen LogP contribution is -2.52. The number of carbonyl (C=O) groups excluding carboxylic acids is 4. The largest absolute Gasteiger partial charge is 0.491 e. The van der Waals surface area contributed by atoms with Crippen molar-refractivity contribution in [2.24, 2.45) is 5.92 Å². The first-order valence-corrected chi connectivity index (χ1v) is 20.2. The molecule has 5 aromatic rings. The van der Waals surface area contributed by atoms with E-state index in [1.165, 1.54) is 4.90 Å². The number of rotatable bonds is 15. The van der Waals surface area contributed by atoms with Crippen LogP contribution in [0.15, 0.2) is 79.3 Å². The monoisotopic (exact) mass is 815 g/mol. The maximum atomic E-state index is 13.0. The molecule has 9 rings (SSSR count). The molecule has 4 N–H and O–H groups in total. The summed E-state index contributed by atoms with van der Waals surface area (Å²) >= 11 is 0. The van der Waals surface area contributed by atoms with Gasteiger partial charge < -0.3 is 34.9 Å². The van der Waals surface area contributed by atoms with Crippen molar-refractivity contribution in [3.8, 4) is 17.0 Å². The van der Waals surface area contributed by atoms with E-state index in [1.807, 2.05) is 34.9 Å². The Bertz CT molecular complexity index is 2410. The smallest absolute Gasteiger partial charge is 0.256 e. The number of ether oxygens (including phenoxy) is 4. The maximum absolute atomic E-state index is 13.0. The molecule has 4 unspecified atom stereocenters. The van der Waals surface area contributed by atoms with Gasteiger partial charge in [-0.25, -0.2) is 15.0 Å². The number of hydrogen-bond donors (Lipinski definition) is 3. The highest BCUT2D eigenvalue weighted by molar-refractivity contribution is 6.06. The number of hydrogen-bond acceptors (Lipinski definition) is 13. The molecular formula is C43H45N9O8. The van der Waals surface area contributed by atoms with E-state index in [-0.39, 0.29) is 42.8 Å². The molecule has 2 aromatic carbocycles. The topological polar surface area (TPSA) is 205 Å². The van der Waals surface area contributed by atoms with Crippen molar-refractivity contribution in [3.63, 3.8) is 0 Å². The number of piperidine rings is 1. The van der Waals surface area contributed by atoms with Crippen molar-refractivity contribution in [1.29, 1.82) is 0 Å². The van der Waals surface area contributed by atoms with E-state index >= 15 is 0 Å². The van der Waals surface area contributed by atoms with Crippen LogP contribution < -0.4 is 21.1 Å². The predicted molar refractivity (Wildman–Crippen MR) is 217 cm³/mol. The molecule has 0 radical (unpaired) electrons. The molecule has 3 aromatic heterocycles. The second kappa shape index (κ2) is 17.1. The molecule has 0 spiro atoms. The summed E-state index contributed by atoms with van der Waals surface area (Å²) < 4.78 is 25.7. The minimum atomic E-state index is -0.659. The number of amides is 4. The molecule has 60 heavy (non-hydrogen) atoms. The normalized spacial score (nSPS) is 21.3. The molecule has 4 amide bonds. The van der Waals surface area contributed by atoms with Gasteiger partial charge in [-0.2, -0.15) is 0 Å². The lowest BCUT2D eigenvalue weighted by Gasteiger charge is -2.29. The SMILES string of the molecule is Nc1nccn2c(C3CC4COCC4N3CCOCCOCCOc3ccc4c(c3)CN(C3CCC(=O)NC3=O)C4=O)nc(-c3ccc(C(=O)Nc4ccccn4)cc3)c12. The summed E-state index contributed by atoms with van der Waals surface area (Å²) in [6.45, 7) is 4.26.